The van der Waals surface area contributed by atoms with Crippen LogP contribution in [0.5, 0.6) is 5.75 Å². The normalized spacial score (nSPS) is 10.4. The Bertz CT molecular complexity index is 616. The molecule has 3 nitrogen and oxygen atoms in total. The van der Waals surface area contributed by atoms with E-state index in [2.05, 4.69) is 27.7 Å². The molecule has 2 aromatic rings. The molecule has 1 heterocycles. The van der Waals surface area contributed by atoms with Crippen molar-refractivity contribution in [3.63, 3.8) is 0 Å². The van der Waals surface area contributed by atoms with Gasteiger partial charge in [0.1, 0.15) is 12.4 Å². The van der Waals surface area contributed by atoms with Crippen LogP contribution in [0, 0.1) is 19.3 Å². The zero-order valence-electron chi connectivity index (χ0n) is 13.0. The fourth-order valence-electron chi connectivity index (χ4n) is 2.18. The van der Waals surface area contributed by atoms with E-state index in [9.17, 15) is 0 Å². The Hall–Kier alpha value is -1.83. The van der Waals surface area contributed by atoms with E-state index in [4.69, 9.17) is 11.2 Å². The van der Waals surface area contributed by atoms with Crippen molar-refractivity contribution >= 4 is 11.3 Å². The summed E-state index contributed by atoms with van der Waals surface area (Å²) >= 11 is 1.76. The smallest absolute Gasteiger partial charge is 0.148 e. The van der Waals surface area contributed by atoms with Crippen LogP contribution in [0.4, 0.5) is 0 Å². The van der Waals surface area contributed by atoms with Crippen molar-refractivity contribution in [1.82, 2.24) is 10.3 Å². The third-order valence-electron chi connectivity index (χ3n) is 3.26. The van der Waals surface area contributed by atoms with E-state index in [1.54, 1.807) is 11.3 Å². The number of aryl methyl sites for hydroxylation is 2. The van der Waals surface area contributed by atoms with Gasteiger partial charge in [-0.2, -0.15) is 0 Å². The molecule has 4 heteroatoms. The van der Waals surface area contributed by atoms with Crippen LogP contribution in [0.25, 0.3) is 0 Å². The first-order chi connectivity index (χ1) is 10.8. The maximum Gasteiger partial charge on any atom is 0.148 e. The molecule has 0 aliphatic rings. The van der Waals surface area contributed by atoms with Gasteiger partial charge in [0.25, 0.3) is 0 Å². The van der Waals surface area contributed by atoms with Crippen molar-refractivity contribution in [2.24, 2.45) is 0 Å². The fourth-order valence-corrected chi connectivity index (χ4v) is 3.00. The highest BCUT2D eigenvalue weighted by molar-refractivity contribution is 7.09. The number of rotatable bonds is 9. The average Bonchev–Trinajstić information content (AvgIpc) is 2.95. The van der Waals surface area contributed by atoms with Gasteiger partial charge in [0.15, 0.2) is 0 Å². The molecule has 0 bridgehead atoms. The molecule has 1 N–H and O–H groups in total. The second-order valence-corrected chi connectivity index (χ2v) is 6.06. The van der Waals surface area contributed by atoms with Crippen LogP contribution in [-0.2, 0) is 13.0 Å². The third-order valence-corrected chi connectivity index (χ3v) is 4.29. The van der Waals surface area contributed by atoms with E-state index in [0.29, 0.717) is 6.61 Å². The zero-order valence-corrected chi connectivity index (χ0v) is 13.8. The number of hydrogen-bond acceptors (Lipinski definition) is 4. The number of aromatic nitrogens is 1. The van der Waals surface area contributed by atoms with E-state index >= 15 is 0 Å². The minimum absolute atomic E-state index is 0.310. The molecule has 0 aliphatic carbocycles. The van der Waals surface area contributed by atoms with Crippen molar-refractivity contribution in [2.75, 3.05) is 13.2 Å². The molecule has 1 aromatic heterocycles. The summed E-state index contributed by atoms with van der Waals surface area (Å²) in [5.74, 6) is 3.36. The third kappa shape index (κ3) is 5.51. The predicted molar refractivity (Wildman–Crippen MR) is 92.3 cm³/mol. The summed E-state index contributed by atoms with van der Waals surface area (Å²) in [5, 5.41) is 6.81. The fraction of sp³-hybridized carbons (Fsp3) is 0.389. The Balaban J connectivity index is 1.65. The molecule has 22 heavy (non-hydrogen) atoms. The zero-order chi connectivity index (χ0) is 15.6. The average molecular weight is 314 g/mol. The van der Waals surface area contributed by atoms with Gasteiger partial charge in [0.2, 0.25) is 0 Å². The van der Waals surface area contributed by atoms with Crippen LogP contribution in [0.3, 0.4) is 0 Å². The molecule has 0 unspecified atom stereocenters. The first-order valence-electron chi connectivity index (χ1n) is 7.55. The monoisotopic (exact) mass is 314 g/mol. The largest absolute Gasteiger partial charge is 0.481 e. The molecule has 0 atom stereocenters. The van der Waals surface area contributed by atoms with Crippen molar-refractivity contribution in [2.45, 2.75) is 32.7 Å². The molecule has 0 amide bonds. The van der Waals surface area contributed by atoms with Crippen molar-refractivity contribution in [3.05, 3.63) is 45.9 Å². The summed E-state index contributed by atoms with van der Waals surface area (Å²) in [5.41, 5.74) is 2.27. The number of thiazole rings is 1. The second-order valence-electron chi connectivity index (χ2n) is 5.12. The molecule has 0 radical (unpaired) electrons. The van der Waals surface area contributed by atoms with Crippen molar-refractivity contribution in [3.8, 4) is 18.1 Å². The van der Waals surface area contributed by atoms with Gasteiger partial charge in [-0.05, 0) is 38.8 Å². The standard InChI is InChI=1S/C18H22N2OS/c1-3-12-21-17-9-5-4-8-16(17)13-19-11-7-6-10-18-20-15(2)14-22-18/h1,4-5,8-9,14,19H,6-7,10-13H2,2H3. The van der Waals surface area contributed by atoms with Crippen LogP contribution >= 0.6 is 11.3 Å². The van der Waals surface area contributed by atoms with Crippen molar-refractivity contribution < 1.29 is 4.74 Å². The van der Waals surface area contributed by atoms with Gasteiger partial charge in [-0.3, -0.25) is 0 Å². The van der Waals surface area contributed by atoms with Gasteiger partial charge in [-0.25, -0.2) is 4.98 Å². The quantitative estimate of drug-likeness (QED) is 0.567. The van der Waals surface area contributed by atoms with E-state index in [1.807, 2.05) is 25.1 Å². The topological polar surface area (TPSA) is 34.1 Å². The minimum Gasteiger partial charge on any atom is -0.481 e. The number of terminal acetylenes is 1. The van der Waals surface area contributed by atoms with Gasteiger partial charge in [0, 0.05) is 23.2 Å². The number of ether oxygens (including phenoxy) is 1. The molecule has 116 valence electrons. The summed E-state index contributed by atoms with van der Waals surface area (Å²) in [7, 11) is 0. The van der Waals surface area contributed by atoms with Gasteiger partial charge in [-0.1, -0.05) is 24.1 Å². The van der Waals surface area contributed by atoms with Crippen LogP contribution in [-0.4, -0.2) is 18.1 Å². The molecule has 0 spiro atoms. The van der Waals surface area contributed by atoms with Crippen LogP contribution < -0.4 is 10.1 Å². The lowest BCUT2D eigenvalue weighted by Gasteiger charge is -2.10. The maximum atomic E-state index is 5.54. The highest BCUT2D eigenvalue weighted by Crippen LogP contribution is 2.17. The Morgan fingerprint density at radius 2 is 2.18 bits per heavy atom. The van der Waals surface area contributed by atoms with Crippen molar-refractivity contribution in [1.29, 1.82) is 0 Å². The Kier molecular flexibility index (Phi) is 6.95. The Morgan fingerprint density at radius 3 is 2.95 bits per heavy atom. The summed E-state index contributed by atoms with van der Waals surface area (Å²) in [6.07, 6.45) is 8.61. The molecule has 0 fully saturated rings. The highest BCUT2D eigenvalue weighted by atomic mass is 32.1. The van der Waals surface area contributed by atoms with Gasteiger partial charge in [0.05, 0.1) is 5.01 Å². The SMILES string of the molecule is C#CCOc1ccccc1CNCCCCc1nc(C)cs1. The van der Waals surface area contributed by atoms with Crippen LogP contribution in [0.2, 0.25) is 0 Å². The number of nitrogens with one attached hydrogen (secondary N) is 1. The lowest BCUT2D eigenvalue weighted by Crippen LogP contribution is -2.15. The molecule has 0 aliphatic heterocycles. The number of benzene rings is 1. The highest BCUT2D eigenvalue weighted by Gasteiger charge is 2.02. The van der Waals surface area contributed by atoms with E-state index < -0.39 is 0 Å². The number of unbranched alkanes of at least 4 members (excludes halogenated alkanes) is 1. The van der Waals surface area contributed by atoms with Crippen LogP contribution in [0.15, 0.2) is 29.6 Å². The summed E-state index contributed by atoms with van der Waals surface area (Å²) in [6.45, 7) is 4.15. The van der Waals surface area contributed by atoms with Gasteiger partial charge < -0.3 is 10.1 Å². The first-order valence-corrected chi connectivity index (χ1v) is 8.43. The molecule has 2 rings (SSSR count). The summed E-state index contributed by atoms with van der Waals surface area (Å²) < 4.78 is 5.54. The lowest BCUT2D eigenvalue weighted by atomic mass is 10.2. The second kappa shape index (κ2) is 9.24. The van der Waals surface area contributed by atoms with Crippen LogP contribution in [0.1, 0.15) is 29.1 Å². The predicted octanol–water partition coefficient (Wildman–Crippen LogP) is 3.58. The van der Waals surface area contributed by atoms with Gasteiger partial charge >= 0.3 is 0 Å². The first kappa shape index (κ1) is 16.5. The minimum atomic E-state index is 0.310. The van der Waals surface area contributed by atoms with Gasteiger partial charge in [-0.15, -0.1) is 17.8 Å². The number of para-hydroxylation sites is 1. The number of hydrogen-bond donors (Lipinski definition) is 1. The Labute approximate surface area is 136 Å². The molecule has 0 saturated carbocycles. The summed E-state index contributed by atoms with van der Waals surface area (Å²) in [4.78, 5) is 4.48. The molecule has 1 aromatic carbocycles. The number of nitrogens with zero attached hydrogens (tertiary/aromatic N) is 1. The van der Waals surface area contributed by atoms with E-state index in [0.717, 1.165) is 49.4 Å². The molecular weight excluding hydrogens is 292 g/mol. The maximum absolute atomic E-state index is 5.54. The molecular formula is C18H22N2OS. The molecule has 0 saturated heterocycles. The lowest BCUT2D eigenvalue weighted by molar-refractivity contribution is 0.364. The van der Waals surface area contributed by atoms with E-state index in [-0.39, 0.29) is 0 Å². The summed E-state index contributed by atoms with van der Waals surface area (Å²) in [6, 6.07) is 8.01. The Morgan fingerprint density at radius 1 is 1.32 bits per heavy atom. The van der Waals surface area contributed by atoms with E-state index in [1.165, 1.54) is 5.01 Å².